The molecule has 0 saturated carbocycles. The van der Waals surface area contributed by atoms with Crippen LogP contribution in [0.5, 0.6) is 11.5 Å². The number of phenolic OH excluding ortho intramolecular Hbond substituents is 1. The molecule has 30 heavy (non-hydrogen) atoms. The highest BCUT2D eigenvalue weighted by atomic mass is 35.5. The normalized spacial score (nSPS) is 18.8. The number of carbonyl (C=O) groups is 2. The van der Waals surface area contributed by atoms with Crippen molar-refractivity contribution in [2.24, 2.45) is 0 Å². The minimum absolute atomic E-state index is 0.00347. The molecule has 1 atom stereocenters. The third-order valence-corrected chi connectivity index (χ3v) is 6.42. The number of benzene rings is 1. The lowest BCUT2D eigenvalue weighted by atomic mass is 9.75. The first kappa shape index (κ1) is 22.6. The maximum Gasteiger partial charge on any atom is 0.336 e. The van der Waals surface area contributed by atoms with Crippen LogP contribution in [0.3, 0.4) is 0 Å². The Kier molecular flexibility index (Phi) is 7.36. The van der Waals surface area contributed by atoms with Gasteiger partial charge in [0.15, 0.2) is 17.3 Å². The smallest absolute Gasteiger partial charge is 0.336 e. The van der Waals surface area contributed by atoms with Gasteiger partial charge in [-0.15, -0.1) is 0 Å². The number of esters is 1. The molecular weight excluding hydrogens is 426 g/mol. The molecule has 2 aliphatic rings. The van der Waals surface area contributed by atoms with E-state index in [0.717, 1.165) is 24.3 Å². The second kappa shape index (κ2) is 9.79. The molecule has 0 radical (unpaired) electrons. The highest BCUT2D eigenvalue weighted by molar-refractivity contribution is 7.99. The van der Waals surface area contributed by atoms with Crippen LogP contribution in [0, 0.1) is 0 Å². The number of allylic oxidation sites excluding steroid dienone is 3. The van der Waals surface area contributed by atoms with Gasteiger partial charge in [-0.1, -0.05) is 18.5 Å². The van der Waals surface area contributed by atoms with Crippen LogP contribution in [0.4, 0.5) is 0 Å². The Bertz CT molecular complexity index is 924. The Balaban J connectivity index is 2.08. The number of rotatable bonds is 7. The molecule has 1 aliphatic carbocycles. The van der Waals surface area contributed by atoms with E-state index in [9.17, 15) is 14.7 Å². The lowest BCUT2D eigenvalue weighted by Crippen LogP contribution is -2.34. The molecule has 1 heterocycles. The molecule has 0 unspecified atom stereocenters. The van der Waals surface area contributed by atoms with Gasteiger partial charge in [0.2, 0.25) is 0 Å². The summed E-state index contributed by atoms with van der Waals surface area (Å²) >= 11 is 7.92. The van der Waals surface area contributed by atoms with E-state index >= 15 is 0 Å². The van der Waals surface area contributed by atoms with E-state index in [2.05, 4.69) is 5.32 Å². The van der Waals surface area contributed by atoms with Gasteiger partial charge in [-0.2, -0.15) is 11.8 Å². The van der Waals surface area contributed by atoms with Crippen LogP contribution in [-0.2, 0) is 14.3 Å². The number of nitrogens with one attached hydrogen (secondary N) is 1. The number of ether oxygens (including phenoxy) is 2. The number of halogens is 1. The van der Waals surface area contributed by atoms with Crippen molar-refractivity contribution >= 4 is 35.1 Å². The Labute approximate surface area is 185 Å². The van der Waals surface area contributed by atoms with Gasteiger partial charge in [0.05, 0.1) is 17.7 Å². The molecule has 2 N–H and O–H groups in total. The molecule has 162 valence electrons. The van der Waals surface area contributed by atoms with E-state index in [-0.39, 0.29) is 22.3 Å². The first-order valence-corrected chi connectivity index (χ1v) is 11.5. The van der Waals surface area contributed by atoms with Gasteiger partial charge >= 0.3 is 5.97 Å². The van der Waals surface area contributed by atoms with Gasteiger partial charge in [-0.05, 0) is 43.2 Å². The molecule has 0 amide bonds. The van der Waals surface area contributed by atoms with Crippen LogP contribution < -0.4 is 10.1 Å². The van der Waals surface area contributed by atoms with Crippen molar-refractivity contribution in [3.63, 3.8) is 0 Å². The van der Waals surface area contributed by atoms with Crippen molar-refractivity contribution in [1.82, 2.24) is 5.32 Å². The van der Waals surface area contributed by atoms with Gasteiger partial charge in [0, 0.05) is 35.1 Å². The van der Waals surface area contributed by atoms with Gasteiger partial charge in [0.1, 0.15) is 6.61 Å². The zero-order chi connectivity index (χ0) is 21.8. The summed E-state index contributed by atoms with van der Waals surface area (Å²) in [6.07, 6.45) is 1.92. The highest BCUT2D eigenvalue weighted by Crippen LogP contribution is 2.46. The molecule has 1 aromatic rings. The van der Waals surface area contributed by atoms with Crippen LogP contribution in [0.2, 0.25) is 5.02 Å². The van der Waals surface area contributed by atoms with E-state index in [1.807, 2.05) is 13.8 Å². The van der Waals surface area contributed by atoms with Gasteiger partial charge in [-0.3, -0.25) is 4.79 Å². The summed E-state index contributed by atoms with van der Waals surface area (Å²) < 4.78 is 10.8. The van der Waals surface area contributed by atoms with E-state index in [1.165, 1.54) is 7.11 Å². The number of dihydropyridines is 1. The van der Waals surface area contributed by atoms with E-state index < -0.39 is 11.9 Å². The maximum absolute atomic E-state index is 13.1. The summed E-state index contributed by atoms with van der Waals surface area (Å²) in [5.41, 5.74) is 3.03. The van der Waals surface area contributed by atoms with E-state index in [0.29, 0.717) is 41.2 Å². The predicted molar refractivity (Wildman–Crippen MR) is 118 cm³/mol. The minimum Gasteiger partial charge on any atom is -0.503 e. The average Bonchev–Trinajstić information content (AvgIpc) is 2.72. The van der Waals surface area contributed by atoms with Crippen LogP contribution in [0.25, 0.3) is 0 Å². The minimum atomic E-state index is -0.632. The molecule has 1 aliphatic heterocycles. The fourth-order valence-corrected chi connectivity index (χ4v) is 4.63. The Morgan fingerprint density at radius 1 is 1.37 bits per heavy atom. The first-order valence-electron chi connectivity index (χ1n) is 9.94. The molecule has 0 aromatic heterocycles. The Morgan fingerprint density at radius 2 is 2.13 bits per heavy atom. The quantitative estimate of drug-likeness (QED) is 0.471. The summed E-state index contributed by atoms with van der Waals surface area (Å²) in [5, 5.41) is 13.5. The van der Waals surface area contributed by atoms with Gasteiger partial charge in [0.25, 0.3) is 0 Å². The number of hydrogen-bond donors (Lipinski definition) is 2. The SMILES string of the molecule is CCSCCOC(=O)C1=C(C)NC2=C(C(=O)CCC2)[C@H]1c1cc(Cl)c(O)c(OC)c1. The van der Waals surface area contributed by atoms with E-state index in [1.54, 1.807) is 23.9 Å². The summed E-state index contributed by atoms with van der Waals surface area (Å²) in [5.74, 6) is 0.560. The standard InChI is InChI=1S/C22H26ClNO5S/c1-4-30-9-8-29-22(27)18-12(2)24-15-6-5-7-16(25)20(15)19(18)13-10-14(23)21(26)17(11-13)28-3/h10-11,19,24,26H,4-9H2,1-3H3/t19-/m0/s1. The molecule has 0 fully saturated rings. The monoisotopic (exact) mass is 451 g/mol. The van der Waals surface area contributed by atoms with Gasteiger partial charge in [-0.25, -0.2) is 4.79 Å². The molecule has 0 spiro atoms. The Morgan fingerprint density at radius 3 is 2.83 bits per heavy atom. The fraction of sp³-hybridized carbons (Fsp3) is 0.455. The first-order chi connectivity index (χ1) is 14.4. The third-order valence-electron chi connectivity index (χ3n) is 5.26. The molecule has 6 nitrogen and oxygen atoms in total. The zero-order valence-corrected chi connectivity index (χ0v) is 18.9. The van der Waals surface area contributed by atoms with Crippen LogP contribution in [-0.4, -0.2) is 42.1 Å². The number of aromatic hydroxyl groups is 1. The van der Waals surface area contributed by atoms with Crippen molar-refractivity contribution in [3.8, 4) is 11.5 Å². The van der Waals surface area contributed by atoms with Gasteiger partial charge < -0.3 is 19.9 Å². The average molecular weight is 452 g/mol. The number of methoxy groups -OCH3 is 1. The second-order valence-electron chi connectivity index (χ2n) is 7.15. The summed E-state index contributed by atoms with van der Waals surface area (Å²) in [7, 11) is 1.43. The number of Topliss-reactive ketones (excluding diaryl/α,β-unsaturated/α-hetero) is 1. The van der Waals surface area contributed by atoms with E-state index in [4.69, 9.17) is 21.1 Å². The lowest BCUT2D eigenvalue weighted by Gasteiger charge is -2.34. The molecule has 0 saturated heterocycles. The molecule has 8 heteroatoms. The van der Waals surface area contributed by atoms with Crippen molar-refractivity contribution in [2.45, 2.75) is 39.0 Å². The summed E-state index contributed by atoms with van der Waals surface area (Å²) in [4.78, 5) is 26.0. The fourth-order valence-electron chi connectivity index (χ4n) is 3.92. The molecule has 3 rings (SSSR count). The number of hydrogen-bond acceptors (Lipinski definition) is 7. The van der Waals surface area contributed by atoms with Crippen LogP contribution in [0.1, 0.15) is 44.6 Å². The molecular formula is C22H26ClNO5S. The van der Waals surface area contributed by atoms with Crippen molar-refractivity contribution in [1.29, 1.82) is 0 Å². The highest BCUT2D eigenvalue weighted by Gasteiger charge is 2.39. The summed E-state index contributed by atoms with van der Waals surface area (Å²) in [6.45, 7) is 4.15. The molecule has 0 bridgehead atoms. The number of thioether (sulfide) groups is 1. The zero-order valence-electron chi connectivity index (χ0n) is 17.3. The topological polar surface area (TPSA) is 84.9 Å². The maximum atomic E-state index is 13.1. The lowest BCUT2D eigenvalue weighted by molar-refractivity contribution is -0.138. The summed E-state index contributed by atoms with van der Waals surface area (Å²) in [6, 6.07) is 3.20. The third kappa shape index (κ3) is 4.47. The number of phenols is 1. The second-order valence-corrected chi connectivity index (χ2v) is 8.95. The number of carbonyl (C=O) groups excluding carboxylic acids is 2. The molecule has 1 aromatic carbocycles. The van der Waals surface area contributed by atoms with Crippen molar-refractivity contribution < 1.29 is 24.2 Å². The van der Waals surface area contributed by atoms with Crippen molar-refractivity contribution in [2.75, 3.05) is 25.2 Å². The largest absolute Gasteiger partial charge is 0.503 e. The van der Waals surface area contributed by atoms with Crippen LogP contribution in [0.15, 0.2) is 34.7 Å². The van der Waals surface area contributed by atoms with Crippen molar-refractivity contribution in [3.05, 3.63) is 45.3 Å². The predicted octanol–water partition coefficient (Wildman–Crippen LogP) is 4.32. The Hall–Kier alpha value is -2.12. The number of ketones is 1. The van der Waals surface area contributed by atoms with Crippen LogP contribution >= 0.6 is 23.4 Å².